The van der Waals surface area contributed by atoms with Crippen molar-refractivity contribution in [3.63, 3.8) is 0 Å². The minimum Gasteiger partial charge on any atom is -0.484 e. The number of hydrogen-bond acceptors (Lipinski definition) is 4. The molecular weight excluding hydrogens is 386 g/mol. The Bertz CT molecular complexity index is 770. The number of carbonyl (C=O) groups excluding carboxylic acids is 2. The number of amides is 2. The van der Waals surface area contributed by atoms with E-state index in [1.165, 1.54) is 0 Å². The van der Waals surface area contributed by atoms with E-state index in [1.807, 2.05) is 12.3 Å². The molecule has 2 aromatic carbocycles. The van der Waals surface area contributed by atoms with Crippen molar-refractivity contribution in [1.29, 1.82) is 0 Å². The van der Waals surface area contributed by atoms with Crippen LogP contribution in [0.3, 0.4) is 0 Å². The highest BCUT2D eigenvalue weighted by Gasteiger charge is 2.20. The van der Waals surface area contributed by atoms with Gasteiger partial charge in [-0.1, -0.05) is 18.2 Å². The van der Waals surface area contributed by atoms with Gasteiger partial charge in [-0.25, -0.2) is 8.78 Å². The highest BCUT2D eigenvalue weighted by Crippen LogP contribution is 2.09. The summed E-state index contributed by atoms with van der Waals surface area (Å²) in [6.45, 7) is -0.262. The summed E-state index contributed by atoms with van der Waals surface area (Å²) in [5.41, 5.74) is 0.299. The number of carbonyl (C=O) groups is 2. The molecule has 1 unspecified atom stereocenters. The third-order valence-electron chi connectivity index (χ3n) is 3.76. The van der Waals surface area contributed by atoms with Crippen molar-refractivity contribution >= 4 is 23.6 Å². The monoisotopic (exact) mass is 408 g/mol. The van der Waals surface area contributed by atoms with Gasteiger partial charge in [-0.05, 0) is 48.3 Å². The first-order chi connectivity index (χ1) is 13.5. The van der Waals surface area contributed by atoms with Crippen LogP contribution in [-0.2, 0) is 16.1 Å². The zero-order chi connectivity index (χ0) is 20.4. The van der Waals surface area contributed by atoms with E-state index in [0.717, 1.165) is 18.2 Å². The molecule has 5 nitrogen and oxygen atoms in total. The lowest BCUT2D eigenvalue weighted by Gasteiger charge is -2.18. The minimum atomic E-state index is -0.766. The van der Waals surface area contributed by atoms with E-state index in [2.05, 4.69) is 10.6 Å². The number of halogens is 2. The molecule has 0 saturated heterocycles. The molecule has 0 heterocycles. The van der Waals surface area contributed by atoms with Gasteiger partial charge in [0.05, 0.1) is 0 Å². The summed E-state index contributed by atoms with van der Waals surface area (Å²) in [4.78, 5) is 24.6. The van der Waals surface area contributed by atoms with Gasteiger partial charge in [-0.3, -0.25) is 9.59 Å². The van der Waals surface area contributed by atoms with Crippen molar-refractivity contribution in [1.82, 2.24) is 10.6 Å². The Morgan fingerprint density at radius 2 is 1.79 bits per heavy atom. The zero-order valence-corrected chi connectivity index (χ0v) is 16.2. The first-order valence-electron chi connectivity index (χ1n) is 8.66. The molecule has 0 saturated carbocycles. The average molecular weight is 408 g/mol. The molecule has 2 amide bonds. The first-order valence-corrected chi connectivity index (χ1v) is 10.1. The Morgan fingerprint density at radius 1 is 1.11 bits per heavy atom. The molecule has 0 aliphatic rings. The Morgan fingerprint density at radius 3 is 2.43 bits per heavy atom. The smallest absolute Gasteiger partial charge is 0.258 e. The van der Waals surface area contributed by atoms with Crippen LogP contribution in [0.25, 0.3) is 0 Å². The number of benzene rings is 2. The number of hydrogen-bond donors (Lipinski definition) is 2. The SMILES string of the molecule is CSCCC(NC(=O)COc1ccccc1)C(=O)NCc1cc(F)cc(F)c1. The molecule has 0 aliphatic carbocycles. The molecule has 0 aliphatic heterocycles. The molecule has 2 rings (SSSR count). The van der Waals surface area contributed by atoms with Gasteiger partial charge >= 0.3 is 0 Å². The second-order valence-electron chi connectivity index (χ2n) is 6.00. The highest BCUT2D eigenvalue weighted by molar-refractivity contribution is 7.98. The van der Waals surface area contributed by atoms with Crippen LogP contribution in [0.1, 0.15) is 12.0 Å². The molecule has 0 radical (unpaired) electrons. The summed E-state index contributed by atoms with van der Waals surface area (Å²) >= 11 is 1.54. The van der Waals surface area contributed by atoms with Crippen molar-refractivity contribution in [3.8, 4) is 5.75 Å². The van der Waals surface area contributed by atoms with E-state index in [1.54, 1.807) is 36.0 Å². The molecule has 0 fully saturated rings. The predicted octanol–water partition coefficient (Wildman–Crippen LogP) is 2.90. The molecule has 0 spiro atoms. The van der Waals surface area contributed by atoms with E-state index in [9.17, 15) is 18.4 Å². The molecule has 28 heavy (non-hydrogen) atoms. The molecule has 150 valence electrons. The Kier molecular flexibility index (Phi) is 8.74. The normalized spacial score (nSPS) is 11.5. The zero-order valence-electron chi connectivity index (χ0n) is 15.4. The molecule has 2 N–H and O–H groups in total. The van der Waals surface area contributed by atoms with E-state index < -0.39 is 29.5 Å². The summed E-state index contributed by atoms with van der Waals surface area (Å²) in [5, 5.41) is 5.25. The standard InChI is InChI=1S/C20H22F2N2O3S/c1-28-8-7-18(24-19(25)13-27-17-5-3-2-4-6-17)20(26)23-12-14-9-15(21)11-16(22)10-14/h2-6,9-11,18H,7-8,12-13H2,1H3,(H,23,26)(H,24,25). The lowest BCUT2D eigenvalue weighted by atomic mass is 10.1. The number of nitrogens with one attached hydrogen (secondary N) is 2. The first kappa shape index (κ1) is 21.7. The molecule has 0 aromatic heterocycles. The van der Waals surface area contributed by atoms with Crippen LogP contribution < -0.4 is 15.4 Å². The molecule has 8 heteroatoms. The van der Waals surface area contributed by atoms with Gasteiger partial charge < -0.3 is 15.4 Å². The molecule has 2 aromatic rings. The molecular formula is C20H22F2N2O3S. The van der Waals surface area contributed by atoms with Crippen molar-refractivity contribution in [3.05, 3.63) is 65.7 Å². The van der Waals surface area contributed by atoms with Crippen LogP contribution >= 0.6 is 11.8 Å². The van der Waals surface area contributed by atoms with Gasteiger partial charge in [0.25, 0.3) is 5.91 Å². The number of rotatable bonds is 10. The van der Waals surface area contributed by atoms with Gasteiger partial charge in [-0.15, -0.1) is 0 Å². The maximum atomic E-state index is 13.2. The Labute approximate surface area is 166 Å². The molecule has 0 bridgehead atoms. The highest BCUT2D eigenvalue weighted by atomic mass is 32.2. The molecule has 1 atom stereocenters. The average Bonchev–Trinajstić information content (AvgIpc) is 2.67. The second kappa shape index (κ2) is 11.3. The summed E-state index contributed by atoms with van der Waals surface area (Å²) in [7, 11) is 0. The van der Waals surface area contributed by atoms with E-state index >= 15 is 0 Å². The number of para-hydroxylation sites is 1. The van der Waals surface area contributed by atoms with Gasteiger partial charge in [0.15, 0.2) is 6.61 Å². The number of thioether (sulfide) groups is 1. The van der Waals surface area contributed by atoms with Crippen molar-refractivity contribution < 1.29 is 23.1 Å². The van der Waals surface area contributed by atoms with Crippen LogP contribution in [0.5, 0.6) is 5.75 Å². The Hall–Kier alpha value is -2.61. The van der Waals surface area contributed by atoms with Crippen LogP contribution in [0.4, 0.5) is 8.78 Å². The van der Waals surface area contributed by atoms with Gasteiger partial charge in [0.2, 0.25) is 5.91 Å². The van der Waals surface area contributed by atoms with E-state index in [-0.39, 0.29) is 13.2 Å². The van der Waals surface area contributed by atoms with Crippen LogP contribution in [0.15, 0.2) is 48.5 Å². The Balaban J connectivity index is 1.89. The summed E-state index contributed by atoms with van der Waals surface area (Å²) < 4.78 is 31.9. The maximum Gasteiger partial charge on any atom is 0.258 e. The van der Waals surface area contributed by atoms with E-state index in [4.69, 9.17) is 4.74 Å². The lowest BCUT2D eigenvalue weighted by molar-refractivity contribution is -0.130. The van der Waals surface area contributed by atoms with Crippen molar-refractivity contribution in [2.24, 2.45) is 0 Å². The fourth-order valence-corrected chi connectivity index (χ4v) is 2.90. The van der Waals surface area contributed by atoms with Gasteiger partial charge in [0.1, 0.15) is 23.4 Å². The van der Waals surface area contributed by atoms with E-state index in [0.29, 0.717) is 23.5 Å². The predicted molar refractivity (Wildman–Crippen MR) is 105 cm³/mol. The summed E-state index contributed by atoms with van der Waals surface area (Å²) in [6, 6.07) is 11.2. The topological polar surface area (TPSA) is 67.4 Å². The van der Waals surface area contributed by atoms with Gasteiger partial charge in [0, 0.05) is 12.6 Å². The fraction of sp³-hybridized carbons (Fsp3) is 0.300. The minimum absolute atomic E-state index is 0.0420. The quantitative estimate of drug-likeness (QED) is 0.634. The van der Waals surface area contributed by atoms with Crippen molar-refractivity contribution in [2.75, 3.05) is 18.6 Å². The number of ether oxygens (including phenoxy) is 1. The third-order valence-corrected chi connectivity index (χ3v) is 4.41. The lowest BCUT2D eigenvalue weighted by Crippen LogP contribution is -2.48. The fourth-order valence-electron chi connectivity index (χ4n) is 2.43. The van der Waals surface area contributed by atoms with Crippen molar-refractivity contribution in [2.45, 2.75) is 19.0 Å². The van der Waals surface area contributed by atoms with Gasteiger partial charge in [-0.2, -0.15) is 11.8 Å². The second-order valence-corrected chi connectivity index (χ2v) is 6.98. The summed E-state index contributed by atoms with van der Waals surface area (Å²) in [6.07, 6.45) is 2.31. The maximum absolute atomic E-state index is 13.2. The third kappa shape index (κ3) is 7.56. The van der Waals surface area contributed by atoms with Crippen LogP contribution in [0.2, 0.25) is 0 Å². The van der Waals surface area contributed by atoms with Crippen LogP contribution in [0, 0.1) is 11.6 Å². The summed E-state index contributed by atoms with van der Waals surface area (Å²) in [5.74, 6) is -1.07. The largest absolute Gasteiger partial charge is 0.484 e. The van der Waals surface area contributed by atoms with Crippen LogP contribution in [-0.4, -0.2) is 36.5 Å².